The van der Waals surface area contributed by atoms with Gasteiger partial charge in [-0.05, 0) is 74.5 Å². The van der Waals surface area contributed by atoms with Gasteiger partial charge in [-0.25, -0.2) is 0 Å². The van der Waals surface area contributed by atoms with E-state index in [-0.39, 0.29) is 0 Å². The van der Waals surface area contributed by atoms with Crippen molar-refractivity contribution in [2.45, 2.75) is 0 Å². The van der Waals surface area contributed by atoms with Crippen LogP contribution in [0.3, 0.4) is 0 Å². The molecule has 8 aromatic carbocycles. The summed E-state index contributed by atoms with van der Waals surface area (Å²) in [5, 5.41) is 9.72. The second kappa shape index (κ2) is 9.86. The van der Waals surface area contributed by atoms with Gasteiger partial charge in [0.25, 0.3) is 0 Å². The molecule has 2 nitrogen and oxygen atoms in total. The van der Waals surface area contributed by atoms with Gasteiger partial charge in [0.15, 0.2) is 0 Å². The van der Waals surface area contributed by atoms with Crippen LogP contribution in [0.4, 0.5) is 17.1 Å². The van der Waals surface area contributed by atoms with E-state index in [9.17, 15) is 0 Å². The minimum atomic E-state index is 0.880. The molecule has 0 fully saturated rings. The van der Waals surface area contributed by atoms with Gasteiger partial charge in [0.05, 0.1) is 16.8 Å². The van der Waals surface area contributed by atoms with Gasteiger partial charge < -0.3 is 9.32 Å². The second-order valence-electron chi connectivity index (χ2n) is 11.3. The molecule has 9 aromatic rings. The molecule has 0 radical (unpaired) electrons. The summed E-state index contributed by atoms with van der Waals surface area (Å²) in [5.74, 6) is 0. The summed E-state index contributed by atoms with van der Waals surface area (Å²) in [7, 11) is 0. The average molecular weight is 562 g/mol. The molecule has 0 N–H and O–H groups in total. The number of rotatable bonds is 4. The third-order valence-electron chi connectivity index (χ3n) is 8.83. The molecule has 2 heteroatoms. The summed E-state index contributed by atoms with van der Waals surface area (Å²) >= 11 is 0. The third kappa shape index (κ3) is 3.82. The van der Waals surface area contributed by atoms with Crippen molar-refractivity contribution in [1.82, 2.24) is 0 Å². The van der Waals surface area contributed by atoms with Crippen LogP contribution >= 0.6 is 0 Å². The largest absolute Gasteiger partial charge is 0.456 e. The molecule has 0 aliphatic heterocycles. The fraction of sp³-hybridized carbons (Fsp3) is 0. The monoisotopic (exact) mass is 561 g/mol. The first kappa shape index (κ1) is 24.7. The zero-order chi connectivity index (χ0) is 29.0. The van der Waals surface area contributed by atoms with Crippen LogP contribution < -0.4 is 4.90 Å². The number of fused-ring (bicyclic) bond motifs is 8. The number of nitrogens with zero attached hydrogens (tertiary/aromatic N) is 1. The molecule has 0 unspecified atom stereocenters. The van der Waals surface area contributed by atoms with Gasteiger partial charge in [-0.1, -0.05) is 127 Å². The fourth-order valence-electron chi connectivity index (χ4n) is 6.84. The van der Waals surface area contributed by atoms with Gasteiger partial charge in [-0.3, -0.25) is 0 Å². The molecule has 0 saturated carbocycles. The van der Waals surface area contributed by atoms with Gasteiger partial charge in [-0.15, -0.1) is 0 Å². The van der Waals surface area contributed by atoms with Crippen LogP contribution in [-0.4, -0.2) is 0 Å². The molecule has 44 heavy (non-hydrogen) atoms. The SMILES string of the molecule is c1ccc(-c2cccc(N(c3cccc4c3ccc3c5ccccc5ccc43)c3cccc4oc5ccccc5c34)c2)cc1. The highest BCUT2D eigenvalue weighted by Crippen LogP contribution is 2.46. The Balaban J connectivity index is 1.36. The Morgan fingerprint density at radius 2 is 0.977 bits per heavy atom. The van der Waals surface area contributed by atoms with E-state index in [4.69, 9.17) is 4.42 Å². The van der Waals surface area contributed by atoms with Crippen LogP contribution in [0.2, 0.25) is 0 Å². The molecule has 9 rings (SSSR count). The highest BCUT2D eigenvalue weighted by Gasteiger charge is 2.21. The Morgan fingerprint density at radius 3 is 1.91 bits per heavy atom. The highest BCUT2D eigenvalue weighted by molar-refractivity contribution is 6.21. The van der Waals surface area contributed by atoms with E-state index in [1.165, 1.54) is 43.4 Å². The summed E-state index contributed by atoms with van der Waals surface area (Å²) in [6.45, 7) is 0. The topological polar surface area (TPSA) is 16.4 Å². The molecular formula is C42H27NO. The molecule has 1 heterocycles. The lowest BCUT2D eigenvalue weighted by atomic mass is 9.95. The molecule has 0 atom stereocenters. The summed E-state index contributed by atoms with van der Waals surface area (Å²) in [5.41, 5.74) is 7.44. The standard InChI is InChI=1S/C42H27NO/c1-2-11-28(12-3-1)30-14-8-15-31(27-30)43(39-20-10-22-41-42(39)37-17-6-7-21-40(37)44-41)38-19-9-18-33-35-24-23-29-13-4-5-16-32(29)34(35)25-26-36(33)38/h1-27H. The molecule has 1 aromatic heterocycles. The Morgan fingerprint density at radius 1 is 0.364 bits per heavy atom. The first-order valence-electron chi connectivity index (χ1n) is 15.0. The number of hydrogen-bond acceptors (Lipinski definition) is 2. The lowest BCUT2D eigenvalue weighted by molar-refractivity contribution is 0.669. The van der Waals surface area contributed by atoms with Gasteiger partial charge >= 0.3 is 0 Å². The summed E-state index contributed by atoms with van der Waals surface area (Å²) in [6, 6.07) is 58.6. The predicted octanol–water partition coefficient (Wildman–Crippen LogP) is 12.2. The Hall–Kier alpha value is -5.86. The molecule has 0 aliphatic carbocycles. The normalized spacial score (nSPS) is 11.6. The molecule has 0 aliphatic rings. The van der Waals surface area contributed by atoms with Crippen LogP contribution in [0.15, 0.2) is 168 Å². The second-order valence-corrected chi connectivity index (χ2v) is 11.3. The van der Waals surface area contributed by atoms with Crippen LogP contribution in [0.1, 0.15) is 0 Å². The maximum atomic E-state index is 6.37. The quantitative estimate of drug-likeness (QED) is 0.199. The molecule has 0 bridgehead atoms. The van der Waals surface area contributed by atoms with Crippen molar-refractivity contribution in [2.24, 2.45) is 0 Å². The minimum absolute atomic E-state index is 0.880. The van der Waals surface area contributed by atoms with Gasteiger partial charge in [0.1, 0.15) is 11.2 Å². The van der Waals surface area contributed by atoms with Crippen molar-refractivity contribution in [3.8, 4) is 11.1 Å². The number of hydrogen-bond donors (Lipinski definition) is 0. The maximum absolute atomic E-state index is 6.37. The van der Waals surface area contributed by atoms with E-state index >= 15 is 0 Å². The van der Waals surface area contributed by atoms with E-state index in [0.29, 0.717) is 0 Å². The van der Waals surface area contributed by atoms with Crippen LogP contribution in [0.25, 0.3) is 65.4 Å². The Kier molecular flexibility index (Phi) is 5.54. The van der Waals surface area contributed by atoms with Crippen LogP contribution in [0, 0.1) is 0 Å². The summed E-state index contributed by atoms with van der Waals surface area (Å²) < 4.78 is 6.37. The molecule has 0 saturated heterocycles. The Labute approximate surface area is 255 Å². The van der Waals surface area contributed by atoms with E-state index in [0.717, 1.165) is 39.0 Å². The van der Waals surface area contributed by atoms with E-state index in [1.54, 1.807) is 0 Å². The van der Waals surface area contributed by atoms with E-state index < -0.39 is 0 Å². The van der Waals surface area contributed by atoms with Crippen LogP contribution in [-0.2, 0) is 0 Å². The van der Waals surface area contributed by atoms with Crippen molar-refractivity contribution >= 4 is 71.3 Å². The number of benzene rings is 8. The van der Waals surface area contributed by atoms with Crippen molar-refractivity contribution in [1.29, 1.82) is 0 Å². The zero-order valence-corrected chi connectivity index (χ0v) is 23.9. The van der Waals surface area contributed by atoms with Crippen molar-refractivity contribution in [3.63, 3.8) is 0 Å². The number of furan rings is 1. The Bertz CT molecular complexity index is 2510. The first-order valence-corrected chi connectivity index (χ1v) is 15.0. The number of anilines is 3. The highest BCUT2D eigenvalue weighted by atomic mass is 16.3. The van der Waals surface area contributed by atoms with Gasteiger partial charge in [0, 0.05) is 16.5 Å². The molecule has 206 valence electrons. The van der Waals surface area contributed by atoms with Gasteiger partial charge in [-0.2, -0.15) is 0 Å². The van der Waals surface area contributed by atoms with E-state index in [2.05, 4.69) is 157 Å². The van der Waals surface area contributed by atoms with Gasteiger partial charge in [0.2, 0.25) is 0 Å². The third-order valence-corrected chi connectivity index (χ3v) is 8.83. The minimum Gasteiger partial charge on any atom is -0.456 e. The molecule has 0 spiro atoms. The lowest BCUT2D eigenvalue weighted by Gasteiger charge is -2.28. The fourth-order valence-corrected chi connectivity index (χ4v) is 6.84. The van der Waals surface area contributed by atoms with Crippen molar-refractivity contribution in [2.75, 3.05) is 4.90 Å². The lowest BCUT2D eigenvalue weighted by Crippen LogP contribution is -2.11. The average Bonchev–Trinajstić information content (AvgIpc) is 3.48. The number of para-hydroxylation sites is 1. The van der Waals surface area contributed by atoms with Crippen LogP contribution in [0.5, 0.6) is 0 Å². The van der Waals surface area contributed by atoms with E-state index in [1.807, 2.05) is 12.1 Å². The smallest absolute Gasteiger partial charge is 0.137 e. The maximum Gasteiger partial charge on any atom is 0.137 e. The predicted molar refractivity (Wildman–Crippen MR) is 186 cm³/mol. The summed E-state index contributed by atoms with van der Waals surface area (Å²) in [4.78, 5) is 2.41. The van der Waals surface area contributed by atoms with Crippen molar-refractivity contribution < 1.29 is 4.42 Å². The molecular weight excluding hydrogens is 534 g/mol. The molecule has 0 amide bonds. The summed E-state index contributed by atoms with van der Waals surface area (Å²) in [6.07, 6.45) is 0. The van der Waals surface area contributed by atoms with Crippen molar-refractivity contribution in [3.05, 3.63) is 164 Å². The first-order chi connectivity index (χ1) is 21.8. The zero-order valence-electron chi connectivity index (χ0n) is 23.9.